The molecule has 0 unspecified atom stereocenters. The standard InChI is InChI=1S/C16H27N3/c1-4-7-14-10-13(12-17-5-2)11-16(18-14)19(6-3)15-8-9-15/h10-11,15,17H,4-9,12H2,1-3H3. The van der Waals surface area contributed by atoms with Crippen LogP contribution in [0, 0.1) is 0 Å². The van der Waals surface area contributed by atoms with E-state index in [2.05, 4.69) is 43.1 Å². The number of rotatable bonds is 8. The molecule has 0 spiro atoms. The summed E-state index contributed by atoms with van der Waals surface area (Å²) in [6.07, 6.45) is 4.90. The smallest absolute Gasteiger partial charge is 0.129 e. The molecule has 1 N–H and O–H groups in total. The van der Waals surface area contributed by atoms with Crippen molar-refractivity contribution in [3.8, 4) is 0 Å². The molecule has 0 bridgehead atoms. The minimum Gasteiger partial charge on any atom is -0.354 e. The Balaban J connectivity index is 2.21. The highest BCUT2D eigenvalue weighted by molar-refractivity contribution is 5.45. The first-order valence-corrected chi connectivity index (χ1v) is 7.75. The van der Waals surface area contributed by atoms with Crippen LogP contribution in [0.5, 0.6) is 0 Å². The first kappa shape index (κ1) is 14.3. The number of nitrogens with one attached hydrogen (secondary N) is 1. The number of anilines is 1. The van der Waals surface area contributed by atoms with Crippen LogP contribution in [-0.2, 0) is 13.0 Å². The first-order chi connectivity index (χ1) is 9.28. The van der Waals surface area contributed by atoms with Gasteiger partial charge in [0.05, 0.1) is 0 Å². The number of pyridine rings is 1. The van der Waals surface area contributed by atoms with Gasteiger partial charge in [0.25, 0.3) is 0 Å². The molecule has 0 atom stereocenters. The highest BCUT2D eigenvalue weighted by Gasteiger charge is 2.29. The van der Waals surface area contributed by atoms with Gasteiger partial charge in [0.1, 0.15) is 5.82 Å². The number of aryl methyl sites for hydroxylation is 1. The van der Waals surface area contributed by atoms with E-state index in [4.69, 9.17) is 4.98 Å². The lowest BCUT2D eigenvalue weighted by Gasteiger charge is -2.23. The van der Waals surface area contributed by atoms with Gasteiger partial charge < -0.3 is 10.2 Å². The molecule has 3 nitrogen and oxygen atoms in total. The molecule has 1 aliphatic rings. The van der Waals surface area contributed by atoms with Crippen molar-refractivity contribution >= 4 is 5.82 Å². The number of aromatic nitrogens is 1. The van der Waals surface area contributed by atoms with E-state index in [0.29, 0.717) is 0 Å². The zero-order chi connectivity index (χ0) is 13.7. The summed E-state index contributed by atoms with van der Waals surface area (Å²) in [5.74, 6) is 1.18. The summed E-state index contributed by atoms with van der Waals surface area (Å²) in [4.78, 5) is 7.33. The van der Waals surface area contributed by atoms with Crippen LogP contribution in [0.25, 0.3) is 0 Å². The Morgan fingerprint density at radius 3 is 2.63 bits per heavy atom. The maximum Gasteiger partial charge on any atom is 0.129 e. The molecule has 0 aliphatic heterocycles. The van der Waals surface area contributed by atoms with Crippen LogP contribution < -0.4 is 10.2 Å². The molecule has 3 heteroatoms. The third-order valence-electron chi connectivity index (χ3n) is 3.63. The molecule has 2 rings (SSSR count). The highest BCUT2D eigenvalue weighted by atomic mass is 15.2. The molecular formula is C16H27N3. The summed E-state index contributed by atoms with van der Waals surface area (Å²) in [5.41, 5.74) is 2.61. The minimum atomic E-state index is 0.737. The summed E-state index contributed by atoms with van der Waals surface area (Å²) in [6.45, 7) is 9.63. The molecular weight excluding hydrogens is 234 g/mol. The normalized spacial score (nSPS) is 14.7. The lowest BCUT2D eigenvalue weighted by molar-refractivity contribution is 0.719. The summed E-state index contributed by atoms with van der Waals surface area (Å²) in [7, 11) is 0. The van der Waals surface area contributed by atoms with Crippen LogP contribution in [0.4, 0.5) is 5.82 Å². The zero-order valence-electron chi connectivity index (χ0n) is 12.6. The van der Waals surface area contributed by atoms with Crippen molar-refractivity contribution in [3.05, 3.63) is 23.4 Å². The second-order valence-electron chi connectivity index (χ2n) is 5.37. The molecule has 0 amide bonds. The fraction of sp³-hybridized carbons (Fsp3) is 0.688. The van der Waals surface area contributed by atoms with Crippen LogP contribution in [0.15, 0.2) is 12.1 Å². The summed E-state index contributed by atoms with van der Waals surface area (Å²) >= 11 is 0. The van der Waals surface area contributed by atoms with E-state index in [1.165, 1.54) is 29.9 Å². The molecule has 1 aromatic rings. The average Bonchev–Trinajstić information content (AvgIpc) is 3.22. The lowest BCUT2D eigenvalue weighted by Crippen LogP contribution is -2.26. The minimum absolute atomic E-state index is 0.737. The van der Waals surface area contributed by atoms with Gasteiger partial charge in [0.15, 0.2) is 0 Å². The van der Waals surface area contributed by atoms with Crippen molar-refractivity contribution < 1.29 is 0 Å². The second kappa shape index (κ2) is 6.90. The Labute approximate surface area is 117 Å². The third-order valence-corrected chi connectivity index (χ3v) is 3.63. The molecule has 1 fully saturated rings. The molecule has 1 heterocycles. The van der Waals surface area contributed by atoms with Gasteiger partial charge in [-0.1, -0.05) is 20.3 Å². The van der Waals surface area contributed by atoms with Crippen molar-refractivity contribution in [2.45, 2.75) is 59.0 Å². The Bertz CT molecular complexity index is 399. The van der Waals surface area contributed by atoms with Crippen molar-refractivity contribution in [2.24, 2.45) is 0 Å². The summed E-state index contributed by atoms with van der Waals surface area (Å²) < 4.78 is 0. The van der Waals surface area contributed by atoms with Crippen molar-refractivity contribution in [1.82, 2.24) is 10.3 Å². The van der Waals surface area contributed by atoms with Gasteiger partial charge >= 0.3 is 0 Å². The Morgan fingerprint density at radius 1 is 1.26 bits per heavy atom. The van der Waals surface area contributed by atoms with Crippen LogP contribution in [0.3, 0.4) is 0 Å². The van der Waals surface area contributed by atoms with E-state index in [9.17, 15) is 0 Å². The number of hydrogen-bond donors (Lipinski definition) is 1. The maximum absolute atomic E-state index is 4.86. The SMILES string of the molecule is CCCc1cc(CNCC)cc(N(CC)C2CC2)n1. The van der Waals surface area contributed by atoms with E-state index in [0.717, 1.165) is 38.5 Å². The third kappa shape index (κ3) is 3.93. The molecule has 106 valence electrons. The molecule has 0 saturated heterocycles. The maximum atomic E-state index is 4.86. The quantitative estimate of drug-likeness (QED) is 0.779. The summed E-state index contributed by atoms with van der Waals surface area (Å²) in [5, 5.41) is 3.42. The van der Waals surface area contributed by atoms with Gasteiger partial charge in [-0.3, -0.25) is 0 Å². The Kier molecular flexibility index (Phi) is 5.20. The number of nitrogens with zero attached hydrogens (tertiary/aromatic N) is 2. The molecule has 0 radical (unpaired) electrons. The van der Waals surface area contributed by atoms with Gasteiger partial charge in [-0.2, -0.15) is 0 Å². The predicted molar refractivity (Wildman–Crippen MR) is 81.7 cm³/mol. The Hall–Kier alpha value is -1.09. The van der Waals surface area contributed by atoms with Gasteiger partial charge in [-0.25, -0.2) is 4.98 Å². The second-order valence-corrected chi connectivity index (χ2v) is 5.37. The fourth-order valence-corrected chi connectivity index (χ4v) is 2.53. The summed E-state index contributed by atoms with van der Waals surface area (Å²) in [6, 6.07) is 5.27. The molecule has 1 aromatic heterocycles. The molecule has 1 saturated carbocycles. The largest absolute Gasteiger partial charge is 0.354 e. The number of hydrogen-bond acceptors (Lipinski definition) is 3. The fourth-order valence-electron chi connectivity index (χ4n) is 2.53. The van der Waals surface area contributed by atoms with E-state index < -0.39 is 0 Å². The van der Waals surface area contributed by atoms with E-state index in [1.54, 1.807) is 0 Å². The average molecular weight is 261 g/mol. The molecule has 19 heavy (non-hydrogen) atoms. The highest BCUT2D eigenvalue weighted by Crippen LogP contribution is 2.31. The van der Waals surface area contributed by atoms with E-state index in [1.807, 2.05) is 0 Å². The van der Waals surface area contributed by atoms with Crippen molar-refractivity contribution in [1.29, 1.82) is 0 Å². The van der Waals surface area contributed by atoms with Crippen LogP contribution in [0.1, 0.15) is 51.3 Å². The topological polar surface area (TPSA) is 28.2 Å². The van der Waals surface area contributed by atoms with Crippen LogP contribution in [-0.4, -0.2) is 24.1 Å². The molecule has 1 aliphatic carbocycles. The van der Waals surface area contributed by atoms with Crippen molar-refractivity contribution in [2.75, 3.05) is 18.0 Å². The van der Waals surface area contributed by atoms with Crippen LogP contribution >= 0.6 is 0 Å². The van der Waals surface area contributed by atoms with E-state index >= 15 is 0 Å². The predicted octanol–water partition coefficient (Wildman–Crippen LogP) is 3.13. The Morgan fingerprint density at radius 2 is 2.05 bits per heavy atom. The van der Waals surface area contributed by atoms with Gasteiger partial charge in [-0.05, 0) is 50.4 Å². The van der Waals surface area contributed by atoms with Gasteiger partial charge in [0, 0.05) is 24.8 Å². The van der Waals surface area contributed by atoms with Crippen LogP contribution in [0.2, 0.25) is 0 Å². The van der Waals surface area contributed by atoms with Gasteiger partial charge in [0.2, 0.25) is 0 Å². The zero-order valence-corrected chi connectivity index (χ0v) is 12.6. The van der Waals surface area contributed by atoms with Gasteiger partial charge in [-0.15, -0.1) is 0 Å². The molecule has 0 aromatic carbocycles. The van der Waals surface area contributed by atoms with Crippen molar-refractivity contribution in [3.63, 3.8) is 0 Å². The lowest BCUT2D eigenvalue weighted by atomic mass is 10.1. The van der Waals surface area contributed by atoms with E-state index in [-0.39, 0.29) is 0 Å². The first-order valence-electron chi connectivity index (χ1n) is 7.75. The monoisotopic (exact) mass is 261 g/mol.